The zero-order valence-electron chi connectivity index (χ0n) is 17.7. The van der Waals surface area contributed by atoms with Crippen LogP contribution in [0, 0.1) is 6.92 Å². The molecular formula is C23H32N2O3. The van der Waals surface area contributed by atoms with Crippen LogP contribution < -0.4 is 19.5 Å². The molecule has 3 rings (SSSR count). The predicted molar refractivity (Wildman–Crippen MR) is 113 cm³/mol. The summed E-state index contributed by atoms with van der Waals surface area (Å²) in [6.07, 6.45) is 1.94. The quantitative estimate of drug-likeness (QED) is 0.705. The van der Waals surface area contributed by atoms with Crippen LogP contribution >= 0.6 is 0 Å². The number of ether oxygens (including phenoxy) is 3. The first-order valence-corrected chi connectivity index (χ1v) is 9.89. The van der Waals surface area contributed by atoms with Crippen molar-refractivity contribution in [3.8, 4) is 17.2 Å². The van der Waals surface area contributed by atoms with Crippen molar-refractivity contribution in [1.29, 1.82) is 0 Å². The highest BCUT2D eigenvalue weighted by Gasteiger charge is 2.26. The van der Waals surface area contributed by atoms with Gasteiger partial charge in [-0.15, -0.1) is 0 Å². The van der Waals surface area contributed by atoms with Crippen LogP contribution in [0.2, 0.25) is 0 Å². The lowest BCUT2D eigenvalue weighted by Crippen LogP contribution is -2.31. The number of hydrogen-bond acceptors (Lipinski definition) is 5. The van der Waals surface area contributed by atoms with Gasteiger partial charge >= 0.3 is 0 Å². The molecule has 0 aromatic heterocycles. The summed E-state index contributed by atoms with van der Waals surface area (Å²) in [4.78, 5) is 2.16. The summed E-state index contributed by atoms with van der Waals surface area (Å²) in [6, 6.07) is 10.7. The third-order valence-electron chi connectivity index (χ3n) is 5.18. The van der Waals surface area contributed by atoms with Gasteiger partial charge in [0.05, 0.1) is 26.9 Å². The minimum Gasteiger partial charge on any atom is -0.496 e. The van der Waals surface area contributed by atoms with E-state index in [-0.39, 0.29) is 6.04 Å². The van der Waals surface area contributed by atoms with Gasteiger partial charge in [-0.3, -0.25) is 0 Å². The molecule has 1 aliphatic heterocycles. The molecule has 1 N–H and O–H groups in total. The molecular weight excluding hydrogens is 352 g/mol. The summed E-state index contributed by atoms with van der Waals surface area (Å²) < 4.78 is 17.4. The molecule has 5 heteroatoms. The lowest BCUT2D eigenvalue weighted by Gasteiger charge is -2.30. The van der Waals surface area contributed by atoms with Gasteiger partial charge in [0.2, 0.25) is 0 Å². The molecule has 5 nitrogen and oxygen atoms in total. The molecule has 0 aliphatic carbocycles. The minimum absolute atomic E-state index is 0.0774. The molecule has 0 radical (unpaired) electrons. The number of fused-ring (bicyclic) bond motifs is 1. The summed E-state index contributed by atoms with van der Waals surface area (Å²) in [5, 5.41) is 3.66. The van der Waals surface area contributed by atoms with E-state index in [2.05, 4.69) is 55.5 Å². The molecule has 0 saturated carbocycles. The maximum Gasteiger partial charge on any atom is 0.161 e. The molecule has 1 aliphatic rings. The summed E-state index contributed by atoms with van der Waals surface area (Å²) in [5.41, 5.74) is 4.91. The lowest BCUT2D eigenvalue weighted by molar-refractivity contribution is 0.267. The zero-order valence-corrected chi connectivity index (χ0v) is 17.7. The molecule has 0 bridgehead atoms. The number of methoxy groups -OCH3 is 2. The number of aryl methyl sites for hydroxylation is 1. The SMILES string of the molecule is COc1cc2c(cc1OCCCN(C)C)C(c1cc(C)ccc1OC)NCC2. The first kappa shape index (κ1) is 20.5. The zero-order chi connectivity index (χ0) is 20.1. The molecule has 152 valence electrons. The van der Waals surface area contributed by atoms with Crippen molar-refractivity contribution < 1.29 is 14.2 Å². The van der Waals surface area contributed by atoms with Gasteiger partial charge in [-0.2, -0.15) is 0 Å². The van der Waals surface area contributed by atoms with Gasteiger partial charge in [-0.05, 0) is 63.2 Å². The number of nitrogens with one attached hydrogen (secondary N) is 1. The van der Waals surface area contributed by atoms with Crippen molar-refractivity contribution in [2.24, 2.45) is 0 Å². The summed E-state index contributed by atoms with van der Waals surface area (Å²) in [5.74, 6) is 2.51. The predicted octanol–water partition coefficient (Wildman–Crippen LogP) is 3.58. The highest BCUT2D eigenvalue weighted by molar-refractivity contribution is 5.53. The van der Waals surface area contributed by atoms with Crippen molar-refractivity contribution >= 4 is 0 Å². The van der Waals surface area contributed by atoms with Gasteiger partial charge in [0.25, 0.3) is 0 Å². The monoisotopic (exact) mass is 384 g/mol. The Morgan fingerprint density at radius 3 is 2.50 bits per heavy atom. The Bertz CT molecular complexity index is 805. The maximum atomic E-state index is 6.10. The first-order chi connectivity index (χ1) is 13.5. The van der Waals surface area contributed by atoms with E-state index in [1.807, 2.05) is 6.07 Å². The minimum atomic E-state index is 0.0774. The van der Waals surface area contributed by atoms with Gasteiger partial charge in [-0.25, -0.2) is 0 Å². The number of hydrogen-bond donors (Lipinski definition) is 1. The molecule has 1 atom stereocenters. The number of nitrogens with zero attached hydrogens (tertiary/aromatic N) is 1. The maximum absolute atomic E-state index is 6.10. The normalized spacial score (nSPS) is 16.0. The highest BCUT2D eigenvalue weighted by Crippen LogP contribution is 2.40. The Morgan fingerprint density at radius 2 is 1.79 bits per heavy atom. The van der Waals surface area contributed by atoms with Crippen LogP contribution in [0.4, 0.5) is 0 Å². The van der Waals surface area contributed by atoms with Crippen molar-refractivity contribution in [3.05, 3.63) is 52.6 Å². The summed E-state index contributed by atoms with van der Waals surface area (Å²) in [7, 11) is 7.58. The molecule has 0 fully saturated rings. The third-order valence-corrected chi connectivity index (χ3v) is 5.18. The molecule has 0 amide bonds. The van der Waals surface area contributed by atoms with Gasteiger partial charge in [0.15, 0.2) is 11.5 Å². The average Bonchev–Trinajstić information content (AvgIpc) is 2.69. The Morgan fingerprint density at radius 1 is 1.00 bits per heavy atom. The second kappa shape index (κ2) is 9.30. The van der Waals surface area contributed by atoms with Crippen LogP contribution in [-0.4, -0.2) is 52.9 Å². The van der Waals surface area contributed by atoms with Gasteiger partial charge in [0.1, 0.15) is 5.75 Å². The molecule has 2 aromatic carbocycles. The Kier molecular flexibility index (Phi) is 6.81. The van der Waals surface area contributed by atoms with Gasteiger partial charge in [-0.1, -0.05) is 17.7 Å². The molecule has 28 heavy (non-hydrogen) atoms. The average molecular weight is 385 g/mol. The number of benzene rings is 2. The Labute approximate surface area is 168 Å². The van der Waals surface area contributed by atoms with E-state index in [1.165, 1.54) is 16.7 Å². The van der Waals surface area contributed by atoms with E-state index in [4.69, 9.17) is 14.2 Å². The van der Waals surface area contributed by atoms with Crippen LogP contribution in [0.3, 0.4) is 0 Å². The van der Waals surface area contributed by atoms with E-state index in [0.717, 1.165) is 48.7 Å². The fourth-order valence-electron chi connectivity index (χ4n) is 3.76. The number of rotatable bonds is 8. The van der Waals surface area contributed by atoms with Crippen molar-refractivity contribution in [1.82, 2.24) is 10.2 Å². The first-order valence-electron chi connectivity index (χ1n) is 9.89. The third kappa shape index (κ3) is 4.59. The van der Waals surface area contributed by atoms with E-state index in [0.29, 0.717) is 6.61 Å². The second-order valence-corrected chi connectivity index (χ2v) is 7.59. The van der Waals surface area contributed by atoms with Crippen LogP contribution in [0.5, 0.6) is 17.2 Å². The summed E-state index contributed by atoms with van der Waals surface area (Å²) in [6.45, 7) is 4.69. The molecule has 0 saturated heterocycles. The van der Waals surface area contributed by atoms with E-state index < -0.39 is 0 Å². The van der Waals surface area contributed by atoms with Gasteiger partial charge < -0.3 is 24.4 Å². The van der Waals surface area contributed by atoms with Crippen LogP contribution in [0.15, 0.2) is 30.3 Å². The lowest BCUT2D eigenvalue weighted by atomic mass is 9.88. The Balaban J connectivity index is 1.93. The molecule has 1 unspecified atom stereocenters. The van der Waals surface area contributed by atoms with Crippen LogP contribution in [0.25, 0.3) is 0 Å². The van der Waals surface area contributed by atoms with E-state index in [1.54, 1.807) is 14.2 Å². The van der Waals surface area contributed by atoms with Crippen molar-refractivity contribution in [2.45, 2.75) is 25.8 Å². The van der Waals surface area contributed by atoms with Crippen LogP contribution in [-0.2, 0) is 6.42 Å². The fourth-order valence-corrected chi connectivity index (χ4v) is 3.76. The molecule has 2 aromatic rings. The highest BCUT2D eigenvalue weighted by atomic mass is 16.5. The van der Waals surface area contributed by atoms with Crippen LogP contribution in [0.1, 0.15) is 34.7 Å². The van der Waals surface area contributed by atoms with E-state index in [9.17, 15) is 0 Å². The summed E-state index contributed by atoms with van der Waals surface area (Å²) >= 11 is 0. The second-order valence-electron chi connectivity index (χ2n) is 7.59. The topological polar surface area (TPSA) is 43.0 Å². The van der Waals surface area contributed by atoms with E-state index >= 15 is 0 Å². The standard InChI is InChI=1S/C23H32N2O3/c1-16-7-8-20(26-4)19(13-16)23-18-15-22(28-12-6-11-25(2)3)21(27-5)14-17(18)9-10-24-23/h7-8,13-15,23-24H,6,9-12H2,1-5H3. The van der Waals surface area contributed by atoms with Crippen molar-refractivity contribution in [2.75, 3.05) is 48.0 Å². The fraction of sp³-hybridized carbons (Fsp3) is 0.478. The van der Waals surface area contributed by atoms with Crippen molar-refractivity contribution in [3.63, 3.8) is 0 Å². The molecule has 0 spiro atoms. The largest absolute Gasteiger partial charge is 0.496 e. The van der Waals surface area contributed by atoms with Gasteiger partial charge in [0, 0.05) is 18.7 Å². The smallest absolute Gasteiger partial charge is 0.161 e. The Hall–Kier alpha value is -2.24. The molecule has 1 heterocycles.